The second kappa shape index (κ2) is 13.7. The molecule has 0 aliphatic carbocycles. The van der Waals surface area contributed by atoms with Crippen LogP contribution in [0.2, 0.25) is 5.02 Å². The van der Waals surface area contributed by atoms with Gasteiger partial charge in [-0.3, -0.25) is 13.9 Å². The van der Waals surface area contributed by atoms with E-state index in [4.69, 9.17) is 16.3 Å². The number of nitrogens with zero attached hydrogens (tertiary/aromatic N) is 2. The summed E-state index contributed by atoms with van der Waals surface area (Å²) >= 11 is 6.22. The van der Waals surface area contributed by atoms with Crippen LogP contribution in [0.5, 0.6) is 5.75 Å². The van der Waals surface area contributed by atoms with Gasteiger partial charge in [-0.1, -0.05) is 48.9 Å². The largest absolute Gasteiger partial charge is 0.497 e. The number of halogens is 1. The van der Waals surface area contributed by atoms with Crippen LogP contribution in [0.1, 0.15) is 38.3 Å². The Morgan fingerprint density at radius 1 is 1.00 bits per heavy atom. The Bertz CT molecular complexity index is 1430. The Kier molecular flexibility index (Phi) is 10.6. The smallest absolute Gasteiger partial charge is 0.264 e. The first-order valence-electron chi connectivity index (χ1n) is 13.0. The number of methoxy groups -OCH3 is 1. The van der Waals surface area contributed by atoms with Gasteiger partial charge in [0.2, 0.25) is 11.8 Å². The molecule has 2 unspecified atom stereocenters. The Hall–Kier alpha value is -3.56. The van der Waals surface area contributed by atoms with E-state index in [-0.39, 0.29) is 29.1 Å². The number of carbonyl (C=O) groups is 2. The van der Waals surface area contributed by atoms with Crippen LogP contribution in [0.15, 0.2) is 77.7 Å². The topological polar surface area (TPSA) is 96.0 Å². The monoisotopic (exact) mass is 585 g/mol. The fourth-order valence-corrected chi connectivity index (χ4v) is 5.64. The Balaban J connectivity index is 2.04. The lowest BCUT2D eigenvalue weighted by molar-refractivity contribution is -0.139. The number of rotatable bonds is 12. The third kappa shape index (κ3) is 7.55. The van der Waals surface area contributed by atoms with Gasteiger partial charge in [0, 0.05) is 17.6 Å². The number of ether oxygens (including phenoxy) is 1. The van der Waals surface area contributed by atoms with Crippen LogP contribution in [-0.2, 0) is 26.2 Å². The molecule has 0 heterocycles. The van der Waals surface area contributed by atoms with Gasteiger partial charge in [-0.2, -0.15) is 0 Å². The first-order chi connectivity index (χ1) is 19.0. The first kappa shape index (κ1) is 31.0. The van der Waals surface area contributed by atoms with Gasteiger partial charge in [0.15, 0.2) is 0 Å². The van der Waals surface area contributed by atoms with E-state index in [1.807, 2.05) is 45.0 Å². The molecule has 0 radical (unpaired) electrons. The normalized spacial score (nSPS) is 12.8. The third-order valence-corrected chi connectivity index (χ3v) is 8.82. The first-order valence-corrected chi connectivity index (χ1v) is 14.9. The molecule has 0 aromatic heterocycles. The van der Waals surface area contributed by atoms with E-state index in [0.717, 1.165) is 21.9 Å². The van der Waals surface area contributed by atoms with Crippen molar-refractivity contribution in [2.24, 2.45) is 0 Å². The van der Waals surface area contributed by atoms with E-state index < -0.39 is 28.5 Å². The maximum atomic E-state index is 14.0. The fraction of sp³-hybridized carbons (Fsp3) is 0.333. The minimum absolute atomic E-state index is 0.0194. The molecule has 0 aliphatic rings. The van der Waals surface area contributed by atoms with E-state index in [0.29, 0.717) is 10.8 Å². The number of benzene rings is 3. The van der Waals surface area contributed by atoms with Crippen molar-refractivity contribution in [2.75, 3.05) is 18.0 Å². The molecule has 2 atom stereocenters. The van der Waals surface area contributed by atoms with Gasteiger partial charge in [-0.25, -0.2) is 8.42 Å². The summed E-state index contributed by atoms with van der Waals surface area (Å²) in [5.74, 6) is -0.356. The molecule has 10 heteroatoms. The number of hydrogen-bond acceptors (Lipinski definition) is 5. The van der Waals surface area contributed by atoms with Crippen molar-refractivity contribution in [1.82, 2.24) is 10.2 Å². The number of anilines is 1. The average Bonchev–Trinajstić information content (AvgIpc) is 2.94. The summed E-state index contributed by atoms with van der Waals surface area (Å²) in [5, 5.41) is 3.25. The number of aryl methyl sites for hydroxylation is 1. The molecule has 214 valence electrons. The van der Waals surface area contributed by atoms with E-state index in [1.54, 1.807) is 25.1 Å². The van der Waals surface area contributed by atoms with Gasteiger partial charge >= 0.3 is 0 Å². The molecule has 8 nitrogen and oxygen atoms in total. The molecule has 1 N–H and O–H groups in total. The van der Waals surface area contributed by atoms with Gasteiger partial charge in [0.25, 0.3) is 10.0 Å². The number of amides is 2. The lowest BCUT2D eigenvalue weighted by Gasteiger charge is -2.32. The molecular formula is C30H36ClN3O5S. The minimum Gasteiger partial charge on any atom is -0.497 e. The predicted molar refractivity (Wildman–Crippen MR) is 158 cm³/mol. The maximum absolute atomic E-state index is 14.0. The third-order valence-electron chi connectivity index (χ3n) is 6.79. The van der Waals surface area contributed by atoms with Gasteiger partial charge < -0.3 is 15.0 Å². The standard InChI is InChI=1S/C30H36ClN3O5S/c1-6-22(3)32-30(36)23(4)33(19-24-11-8-7-10-21(24)2)29(35)20-34(26-13-9-12-25(31)18-26)40(37,38)28-16-14-27(39-5)15-17-28/h7-18,22-23H,6,19-20H2,1-5H3,(H,32,36). The van der Waals surface area contributed by atoms with E-state index in [1.165, 1.54) is 42.3 Å². The van der Waals surface area contributed by atoms with Gasteiger partial charge in [0.05, 0.1) is 17.7 Å². The summed E-state index contributed by atoms with van der Waals surface area (Å²) in [7, 11) is -2.72. The second-order valence-electron chi connectivity index (χ2n) is 9.61. The quantitative estimate of drug-likeness (QED) is 0.316. The minimum atomic E-state index is -4.20. The lowest BCUT2D eigenvalue weighted by Crippen LogP contribution is -2.52. The van der Waals surface area contributed by atoms with Crippen LogP contribution in [-0.4, -0.2) is 50.9 Å². The highest BCUT2D eigenvalue weighted by molar-refractivity contribution is 7.92. The van der Waals surface area contributed by atoms with Crippen molar-refractivity contribution in [3.05, 3.63) is 88.9 Å². The van der Waals surface area contributed by atoms with E-state index in [2.05, 4.69) is 5.32 Å². The summed E-state index contributed by atoms with van der Waals surface area (Å²) < 4.78 is 34.0. The van der Waals surface area contributed by atoms with Crippen LogP contribution >= 0.6 is 11.6 Å². The van der Waals surface area contributed by atoms with Crippen molar-refractivity contribution < 1.29 is 22.7 Å². The number of nitrogens with one attached hydrogen (secondary N) is 1. The highest BCUT2D eigenvalue weighted by Crippen LogP contribution is 2.28. The zero-order valence-corrected chi connectivity index (χ0v) is 25.0. The highest BCUT2D eigenvalue weighted by Gasteiger charge is 2.33. The Morgan fingerprint density at radius 2 is 1.68 bits per heavy atom. The van der Waals surface area contributed by atoms with Crippen LogP contribution in [0, 0.1) is 6.92 Å². The summed E-state index contributed by atoms with van der Waals surface area (Å²) in [6, 6.07) is 18.9. The molecule has 40 heavy (non-hydrogen) atoms. The van der Waals surface area contributed by atoms with E-state index >= 15 is 0 Å². The molecule has 2 amide bonds. The Morgan fingerprint density at radius 3 is 2.27 bits per heavy atom. The number of sulfonamides is 1. The molecule has 0 spiro atoms. The predicted octanol–water partition coefficient (Wildman–Crippen LogP) is 5.18. The highest BCUT2D eigenvalue weighted by atomic mass is 35.5. The van der Waals surface area contributed by atoms with Crippen LogP contribution in [0.3, 0.4) is 0 Å². The molecule has 0 aliphatic heterocycles. The number of hydrogen-bond donors (Lipinski definition) is 1. The van der Waals surface area contributed by atoms with Gasteiger partial charge in [-0.05, 0) is 80.8 Å². The molecule has 0 bridgehead atoms. The summed E-state index contributed by atoms with van der Waals surface area (Å²) in [5.41, 5.74) is 2.03. The van der Waals surface area contributed by atoms with Crippen LogP contribution < -0.4 is 14.4 Å². The molecule has 0 fully saturated rings. The lowest BCUT2D eigenvalue weighted by atomic mass is 10.1. The molecule has 0 saturated carbocycles. The average molecular weight is 586 g/mol. The zero-order chi connectivity index (χ0) is 29.4. The number of carbonyl (C=O) groups excluding carboxylic acids is 2. The van der Waals surface area contributed by atoms with Crippen LogP contribution in [0.25, 0.3) is 0 Å². The van der Waals surface area contributed by atoms with Crippen molar-refractivity contribution >= 4 is 39.1 Å². The van der Waals surface area contributed by atoms with Gasteiger partial charge in [-0.15, -0.1) is 0 Å². The summed E-state index contributed by atoms with van der Waals surface area (Å²) in [4.78, 5) is 28.5. The van der Waals surface area contributed by atoms with Crippen molar-refractivity contribution in [3.8, 4) is 5.75 Å². The SMILES string of the molecule is CCC(C)NC(=O)C(C)N(Cc1ccccc1C)C(=O)CN(c1cccc(Cl)c1)S(=O)(=O)c1ccc(OC)cc1. The van der Waals surface area contributed by atoms with Crippen molar-refractivity contribution in [1.29, 1.82) is 0 Å². The van der Waals surface area contributed by atoms with E-state index in [9.17, 15) is 18.0 Å². The second-order valence-corrected chi connectivity index (χ2v) is 11.9. The van der Waals surface area contributed by atoms with Crippen molar-refractivity contribution in [3.63, 3.8) is 0 Å². The fourth-order valence-electron chi connectivity index (χ4n) is 4.05. The molecule has 3 aromatic rings. The summed E-state index contributed by atoms with van der Waals surface area (Å²) in [6.07, 6.45) is 0.729. The zero-order valence-electron chi connectivity index (χ0n) is 23.4. The van der Waals surface area contributed by atoms with Crippen LogP contribution in [0.4, 0.5) is 5.69 Å². The Labute approximate surface area is 241 Å². The molecule has 3 rings (SSSR count). The van der Waals surface area contributed by atoms with Crippen molar-refractivity contribution in [2.45, 2.75) is 57.6 Å². The molecule has 3 aromatic carbocycles. The van der Waals surface area contributed by atoms with Gasteiger partial charge in [0.1, 0.15) is 18.3 Å². The maximum Gasteiger partial charge on any atom is 0.264 e. The molecule has 0 saturated heterocycles. The molecular weight excluding hydrogens is 550 g/mol. The summed E-state index contributed by atoms with van der Waals surface area (Å²) in [6.45, 7) is 7.01.